The van der Waals surface area contributed by atoms with Gasteiger partial charge in [-0.05, 0) is 18.2 Å². The van der Waals surface area contributed by atoms with Gasteiger partial charge in [-0.2, -0.15) is 0 Å². The van der Waals surface area contributed by atoms with Crippen LogP contribution in [-0.4, -0.2) is 20.1 Å². The number of anilines is 2. The molecule has 1 aromatic rings. The molecular weight excluding hydrogens is 202 g/mol. The lowest BCUT2D eigenvalue weighted by atomic mass is 10.2. The molecule has 4 nitrogen and oxygen atoms in total. The quantitative estimate of drug-likeness (QED) is 0.698. The average molecular weight is 214 g/mol. The number of halogens is 1. The number of urea groups is 1. The number of nitrogens with zero attached hydrogens (tertiary/aromatic N) is 1. The predicted molar refractivity (Wildman–Crippen MR) is 58.7 cm³/mol. The second-order valence-corrected chi connectivity index (χ2v) is 3.25. The third kappa shape index (κ3) is 2.09. The zero-order valence-corrected chi connectivity index (χ0v) is 8.80. The van der Waals surface area contributed by atoms with Crippen LogP contribution >= 0.6 is 11.6 Å². The van der Waals surface area contributed by atoms with Gasteiger partial charge < -0.3 is 11.1 Å². The lowest BCUT2D eigenvalue weighted by Crippen LogP contribution is -2.35. The highest BCUT2D eigenvalue weighted by atomic mass is 35.5. The molecule has 14 heavy (non-hydrogen) atoms. The zero-order chi connectivity index (χ0) is 10.7. The van der Waals surface area contributed by atoms with Crippen LogP contribution in [0.1, 0.15) is 0 Å². The summed E-state index contributed by atoms with van der Waals surface area (Å²) in [6.45, 7) is 0. The van der Waals surface area contributed by atoms with Crippen LogP contribution < -0.4 is 16.0 Å². The number of benzene rings is 1. The zero-order valence-electron chi connectivity index (χ0n) is 8.04. The first-order valence-electron chi connectivity index (χ1n) is 4.06. The minimum atomic E-state index is -0.237. The second-order valence-electron chi connectivity index (χ2n) is 2.82. The van der Waals surface area contributed by atoms with Crippen LogP contribution in [0, 0.1) is 0 Å². The fourth-order valence-electron chi connectivity index (χ4n) is 1.08. The molecule has 0 aromatic heterocycles. The molecule has 76 valence electrons. The Bertz CT molecular complexity index is 354. The van der Waals surface area contributed by atoms with Crippen LogP contribution in [0.5, 0.6) is 0 Å². The van der Waals surface area contributed by atoms with Gasteiger partial charge >= 0.3 is 6.03 Å². The molecule has 5 heteroatoms. The fraction of sp³-hybridized carbons (Fsp3) is 0.222. The van der Waals surface area contributed by atoms with Gasteiger partial charge in [-0.25, -0.2) is 4.79 Å². The number of amides is 2. The van der Waals surface area contributed by atoms with Crippen molar-refractivity contribution in [3.63, 3.8) is 0 Å². The van der Waals surface area contributed by atoms with Gasteiger partial charge in [0.05, 0.1) is 11.4 Å². The number of rotatable bonds is 1. The van der Waals surface area contributed by atoms with Crippen LogP contribution in [-0.2, 0) is 0 Å². The molecule has 0 spiro atoms. The number of hydrogen-bond acceptors (Lipinski definition) is 2. The summed E-state index contributed by atoms with van der Waals surface area (Å²) in [4.78, 5) is 12.7. The maximum atomic E-state index is 11.3. The summed E-state index contributed by atoms with van der Waals surface area (Å²) in [5.74, 6) is 0. The number of carbonyl (C=O) groups is 1. The van der Waals surface area contributed by atoms with E-state index < -0.39 is 0 Å². The van der Waals surface area contributed by atoms with Crippen molar-refractivity contribution in [1.82, 2.24) is 5.32 Å². The summed E-state index contributed by atoms with van der Waals surface area (Å²) in [5.41, 5.74) is 6.81. The summed E-state index contributed by atoms with van der Waals surface area (Å²) in [7, 11) is 3.18. The van der Waals surface area contributed by atoms with Crippen LogP contribution in [0.4, 0.5) is 16.2 Å². The SMILES string of the molecule is CNC(=O)N(C)c1cc(Cl)ccc1N. The van der Waals surface area contributed by atoms with E-state index >= 15 is 0 Å². The number of nitrogens with two attached hydrogens (primary N) is 1. The van der Waals surface area contributed by atoms with E-state index in [0.29, 0.717) is 16.4 Å². The lowest BCUT2D eigenvalue weighted by molar-refractivity contribution is 0.249. The highest BCUT2D eigenvalue weighted by molar-refractivity contribution is 6.31. The Hall–Kier alpha value is -1.42. The number of carbonyl (C=O) groups excluding carboxylic acids is 1. The molecule has 0 unspecified atom stereocenters. The van der Waals surface area contributed by atoms with Gasteiger partial charge in [-0.1, -0.05) is 11.6 Å². The number of hydrogen-bond donors (Lipinski definition) is 2. The van der Waals surface area contributed by atoms with Crippen LogP contribution in [0.15, 0.2) is 18.2 Å². The third-order valence-corrected chi connectivity index (χ3v) is 2.11. The first-order chi connectivity index (χ1) is 6.56. The Balaban J connectivity index is 3.05. The topological polar surface area (TPSA) is 58.4 Å². The molecule has 0 aliphatic carbocycles. The maximum absolute atomic E-state index is 11.3. The molecule has 0 fully saturated rings. The molecular formula is C9H12ClN3O. The van der Waals surface area contributed by atoms with E-state index in [1.54, 1.807) is 32.3 Å². The van der Waals surface area contributed by atoms with E-state index in [-0.39, 0.29) is 6.03 Å². The summed E-state index contributed by atoms with van der Waals surface area (Å²) in [5, 5.41) is 3.04. The second kappa shape index (κ2) is 4.19. The van der Waals surface area contributed by atoms with E-state index in [0.717, 1.165) is 0 Å². The minimum absolute atomic E-state index is 0.237. The number of nitrogens with one attached hydrogen (secondary N) is 1. The van der Waals surface area contributed by atoms with Crippen LogP contribution in [0.2, 0.25) is 5.02 Å². The average Bonchev–Trinajstić information content (AvgIpc) is 2.19. The van der Waals surface area contributed by atoms with Gasteiger partial charge in [0, 0.05) is 19.1 Å². The highest BCUT2D eigenvalue weighted by Crippen LogP contribution is 2.25. The Morgan fingerprint density at radius 2 is 2.21 bits per heavy atom. The van der Waals surface area contributed by atoms with Crippen LogP contribution in [0.3, 0.4) is 0 Å². The van der Waals surface area contributed by atoms with Crippen molar-refractivity contribution >= 4 is 29.0 Å². The van der Waals surface area contributed by atoms with Gasteiger partial charge in [-0.3, -0.25) is 4.90 Å². The molecule has 0 heterocycles. The molecule has 1 aromatic carbocycles. The Labute approximate surface area is 87.6 Å². The van der Waals surface area contributed by atoms with Gasteiger partial charge in [0.2, 0.25) is 0 Å². The lowest BCUT2D eigenvalue weighted by Gasteiger charge is -2.18. The largest absolute Gasteiger partial charge is 0.397 e. The molecule has 0 aliphatic rings. The molecule has 0 saturated carbocycles. The van der Waals surface area contributed by atoms with Gasteiger partial charge in [0.15, 0.2) is 0 Å². The molecule has 1 rings (SSSR count). The first-order valence-corrected chi connectivity index (χ1v) is 4.44. The molecule has 3 N–H and O–H groups in total. The Kier molecular flexibility index (Phi) is 3.19. The molecule has 0 atom stereocenters. The van der Waals surface area contributed by atoms with Crippen molar-refractivity contribution in [1.29, 1.82) is 0 Å². The molecule has 0 aliphatic heterocycles. The smallest absolute Gasteiger partial charge is 0.321 e. The normalized spacial score (nSPS) is 9.64. The predicted octanol–water partition coefficient (Wildman–Crippen LogP) is 1.70. The molecule has 0 bridgehead atoms. The van der Waals surface area contributed by atoms with E-state index in [9.17, 15) is 4.79 Å². The fourth-order valence-corrected chi connectivity index (χ4v) is 1.25. The molecule has 2 amide bonds. The third-order valence-electron chi connectivity index (χ3n) is 1.87. The van der Waals surface area contributed by atoms with Gasteiger partial charge in [0.25, 0.3) is 0 Å². The van der Waals surface area contributed by atoms with Crippen molar-refractivity contribution in [2.75, 3.05) is 24.7 Å². The van der Waals surface area contributed by atoms with Crippen molar-refractivity contribution in [3.05, 3.63) is 23.2 Å². The van der Waals surface area contributed by atoms with Gasteiger partial charge in [-0.15, -0.1) is 0 Å². The number of nitrogen functional groups attached to an aromatic ring is 1. The standard InChI is InChI=1S/C9H12ClN3O/c1-12-9(14)13(2)8-5-6(10)3-4-7(8)11/h3-5H,11H2,1-2H3,(H,12,14). The summed E-state index contributed by atoms with van der Waals surface area (Å²) in [6.07, 6.45) is 0. The van der Waals surface area contributed by atoms with Crippen molar-refractivity contribution in [2.45, 2.75) is 0 Å². The summed E-state index contributed by atoms with van der Waals surface area (Å²) in [6, 6.07) is 4.75. The van der Waals surface area contributed by atoms with E-state index in [4.69, 9.17) is 17.3 Å². The Morgan fingerprint density at radius 1 is 1.57 bits per heavy atom. The van der Waals surface area contributed by atoms with Crippen LogP contribution in [0.25, 0.3) is 0 Å². The van der Waals surface area contributed by atoms with Crippen molar-refractivity contribution in [3.8, 4) is 0 Å². The van der Waals surface area contributed by atoms with Crippen molar-refractivity contribution in [2.24, 2.45) is 0 Å². The minimum Gasteiger partial charge on any atom is -0.397 e. The maximum Gasteiger partial charge on any atom is 0.321 e. The summed E-state index contributed by atoms with van der Waals surface area (Å²) >= 11 is 5.79. The Morgan fingerprint density at radius 3 is 2.79 bits per heavy atom. The summed E-state index contributed by atoms with van der Waals surface area (Å²) < 4.78 is 0. The molecule has 0 radical (unpaired) electrons. The first kappa shape index (κ1) is 10.7. The van der Waals surface area contributed by atoms with E-state index in [1.165, 1.54) is 4.90 Å². The van der Waals surface area contributed by atoms with Gasteiger partial charge in [0.1, 0.15) is 0 Å². The molecule has 0 saturated heterocycles. The highest BCUT2D eigenvalue weighted by Gasteiger charge is 2.11. The monoisotopic (exact) mass is 213 g/mol. The van der Waals surface area contributed by atoms with E-state index in [1.807, 2.05) is 0 Å². The van der Waals surface area contributed by atoms with Crippen molar-refractivity contribution < 1.29 is 4.79 Å². The van der Waals surface area contributed by atoms with E-state index in [2.05, 4.69) is 5.32 Å².